The van der Waals surface area contributed by atoms with Gasteiger partial charge >= 0.3 is 0 Å². The summed E-state index contributed by atoms with van der Waals surface area (Å²) in [6.45, 7) is 0.375. The van der Waals surface area contributed by atoms with Gasteiger partial charge in [-0.2, -0.15) is 0 Å². The minimum absolute atomic E-state index is 0.162. The predicted molar refractivity (Wildman–Crippen MR) is 95.8 cm³/mol. The number of anilines is 1. The van der Waals surface area contributed by atoms with Crippen LogP contribution >= 0.6 is 0 Å². The van der Waals surface area contributed by atoms with Gasteiger partial charge in [-0.15, -0.1) is 0 Å². The van der Waals surface area contributed by atoms with Crippen molar-refractivity contribution in [1.82, 2.24) is 14.5 Å². The number of hydrogen-bond acceptors (Lipinski definition) is 4. The van der Waals surface area contributed by atoms with E-state index in [1.54, 1.807) is 24.3 Å². The molecule has 0 amide bonds. The van der Waals surface area contributed by atoms with Crippen LogP contribution in [-0.4, -0.2) is 14.5 Å². The van der Waals surface area contributed by atoms with Crippen molar-refractivity contribution in [3.63, 3.8) is 0 Å². The summed E-state index contributed by atoms with van der Waals surface area (Å²) in [5.41, 5.74) is 4.70. The number of hydrogen-bond donors (Lipinski definition) is 3. The summed E-state index contributed by atoms with van der Waals surface area (Å²) in [5.74, 6) is 5.55. The van der Waals surface area contributed by atoms with E-state index in [-0.39, 0.29) is 11.4 Å². The second-order valence-corrected chi connectivity index (χ2v) is 5.81. The minimum Gasteiger partial charge on any atom is -0.361 e. The third-order valence-corrected chi connectivity index (χ3v) is 4.32. The molecule has 0 spiro atoms. The molecule has 4 N–H and O–H groups in total. The zero-order valence-electron chi connectivity index (χ0n) is 13.3. The molecular formula is C18H16FN5O. The van der Waals surface area contributed by atoms with E-state index < -0.39 is 0 Å². The molecule has 126 valence electrons. The first-order valence-corrected chi connectivity index (χ1v) is 7.89. The molecule has 4 rings (SSSR count). The zero-order valence-corrected chi connectivity index (χ0v) is 13.3. The second kappa shape index (κ2) is 6.03. The highest BCUT2D eigenvalue weighted by Crippen LogP contribution is 2.20. The summed E-state index contributed by atoms with van der Waals surface area (Å²) >= 11 is 0. The van der Waals surface area contributed by atoms with Crippen molar-refractivity contribution in [3.05, 3.63) is 70.4 Å². The number of nitrogens with one attached hydrogen (secondary N) is 2. The van der Waals surface area contributed by atoms with Crippen molar-refractivity contribution < 1.29 is 4.39 Å². The Morgan fingerprint density at radius 3 is 2.88 bits per heavy atom. The van der Waals surface area contributed by atoms with Gasteiger partial charge in [-0.25, -0.2) is 15.2 Å². The number of benzene rings is 2. The van der Waals surface area contributed by atoms with Crippen molar-refractivity contribution in [2.24, 2.45) is 5.84 Å². The first-order chi connectivity index (χ1) is 12.2. The van der Waals surface area contributed by atoms with E-state index in [0.717, 1.165) is 16.5 Å². The van der Waals surface area contributed by atoms with Crippen LogP contribution in [0, 0.1) is 5.82 Å². The minimum atomic E-state index is -0.290. The van der Waals surface area contributed by atoms with Gasteiger partial charge in [0.1, 0.15) is 5.82 Å². The molecule has 2 aromatic carbocycles. The summed E-state index contributed by atoms with van der Waals surface area (Å²) in [6, 6.07) is 11.7. The van der Waals surface area contributed by atoms with E-state index in [2.05, 4.69) is 15.4 Å². The number of halogens is 1. The van der Waals surface area contributed by atoms with Gasteiger partial charge in [-0.3, -0.25) is 14.8 Å². The fourth-order valence-electron chi connectivity index (χ4n) is 3.08. The zero-order chi connectivity index (χ0) is 17.4. The van der Waals surface area contributed by atoms with Crippen molar-refractivity contribution >= 4 is 27.8 Å². The monoisotopic (exact) mass is 337 g/mol. The molecule has 0 atom stereocenters. The summed E-state index contributed by atoms with van der Waals surface area (Å²) in [5, 5.41) is 1.34. The Balaban J connectivity index is 1.74. The number of nitrogen functional groups attached to an aromatic ring is 1. The average molecular weight is 337 g/mol. The molecule has 2 aromatic heterocycles. The molecule has 0 saturated heterocycles. The molecule has 0 aliphatic carbocycles. The smallest absolute Gasteiger partial charge is 0.262 e. The average Bonchev–Trinajstić information content (AvgIpc) is 3.03. The number of aromatic amines is 1. The van der Waals surface area contributed by atoms with Crippen LogP contribution in [-0.2, 0) is 13.0 Å². The number of fused-ring (bicyclic) bond motifs is 2. The fourth-order valence-corrected chi connectivity index (χ4v) is 3.08. The van der Waals surface area contributed by atoms with Gasteiger partial charge in [-0.05, 0) is 42.3 Å². The van der Waals surface area contributed by atoms with Gasteiger partial charge in [-0.1, -0.05) is 12.1 Å². The highest BCUT2D eigenvalue weighted by Gasteiger charge is 2.11. The second-order valence-electron chi connectivity index (χ2n) is 5.81. The van der Waals surface area contributed by atoms with Crippen LogP contribution in [0.25, 0.3) is 21.8 Å². The van der Waals surface area contributed by atoms with Gasteiger partial charge < -0.3 is 4.98 Å². The molecule has 25 heavy (non-hydrogen) atoms. The summed E-state index contributed by atoms with van der Waals surface area (Å²) in [4.78, 5) is 20.2. The fraction of sp³-hybridized carbons (Fsp3) is 0.111. The topological polar surface area (TPSA) is 88.7 Å². The Morgan fingerprint density at radius 2 is 2.04 bits per heavy atom. The molecule has 0 aliphatic heterocycles. The molecule has 6 nitrogen and oxygen atoms in total. The summed E-state index contributed by atoms with van der Waals surface area (Å²) < 4.78 is 15.0. The maximum absolute atomic E-state index is 13.5. The Labute approximate surface area is 142 Å². The van der Waals surface area contributed by atoms with Crippen molar-refractivity contribution in [2.45, 2.75) is 13.0 Å². The van der Waals surface area contributed by atoms with E-state index in [4.69, 9.17) is 5.84 Å². The Bertz CT molecular complexity index is 1130. The van der Waals surface area contributed by atoms with E-state index in [9.17, 15) is 9.18 Å². The van der Waals surface area contributed by atoms with Gasteiger partial charge in [0.25, 0.3) is 5.56 Å². The lowest BCUT2D eigenvalue weighted by Crippen LogP contribution is -2.27. The van der Waals surface area contributed by atoms with Gasteiger partial charge in [0.15, 0.2) is 0 Å². The number of hydrazine groups is 1. The molecule has 0 fully saturated rings. The summed E-state index contributed by atoms with van der Waals surface area (Å²) in [7, 11) is 0. The van der Waals surface area contributed by atoms with E-state index >= 15 is 0 Å². The lowest BCUT2D eigenvalue weighted by atomic mass is 10.1. The number of nitrogens with two attached hydrogens (primary N) is 1. The number of aromatic nitrogens is 3. The van der Waals surface area contributed by atoms with Crippen LogP contribution in [0.4, 0.5) is 10.3 Å². The molecule has 0 radical (unpaired) electrons. The lowest BCUT2D eigenvalue weighted by molar-refractivity contribution is 0.629. The highest BCUT2D eigenvalue weighted by molar-refractivity contribution is 5.83. The molecule has 0 unspecified atom stereocenters. The molecular weight excluding hydrogens is 321 g/mol. The highest BCUT2D eigenvalue weighted by atomic mass is 19.1. The van der Waals surface area contributed by atoms with E-state index in [1.165, 1.54) is 16.7 Å². The van der Waals surface area contributed by atoms with Crippen LogP contribution < -0.4 is 16.8 Å². The van der Waals surface area contributed by atoms with E-state index in [1.807, 2.05) is 12.3 Å². The van der Waals surface area contributed by atoms with Crippen LogP contribution in [0.5, 0.6) is 0 Å². The van der Waals surface area contributed by atoms with Gasteiger partial charge in [0, 0.05) is 23.6 Å². The Hall–Kier alpha value is -3.19. The van der Waals surface area contributed by atoms with Crippen molar-refractivity contribution in [3.8, 4) is 0 Å². The SMILES string of the molecule is NNc1nc2ccccc2c(=O)n1CCc1c[nH]c2ccc(F)cc12. The molecule has 7 heteroatoms. The van der Waals surface area contributed by atoms with Gasteiger partial charge in [0.05, 0.1) is 10.9 Å². The third kappa shape index (κ3) is 2.64. The number of para-hydroxylation sites is 1. The number of nitrogens with zero attached hydrogens (tertiary/aromatic N) is 2. The molecule has 0 saturated carbocycles. The van der Waals surface area contributed by atoms with Crippen molar-refractivity contribution in [1.29, 1.82) is 0 Å². The Kier molecular flexibility index (Phi) is 3.70. The molecule has 0 bridgehead atoms. The molecule has 0 aliphatic rings. The number of aryl methyl sites for hydroxylation is 1. The summed E-state index contributed by atoms with van der Waals surface area (Å²) in [6.07, 6.45) is 2.37. The number of rotatable bonds is 4. The quantitative estimate of drug-likeness (QED) is 0.394. The Morgan fingerprint density at radius 1 is 1.20 bits per heavy atom. The van der Waals surface area contributed by atoms with E-state index in [0.29, 0.717) is 29.8 Å². The van der Waals surface area contributed by atoms with Gasteiger partial charge in [0.2, 0.25) is 5.95 Å². The standard InChI is InChI=1S/C18H16FN5O/c19-12-5-6-15-14(9-12)11(10-21-15)7-8-24-17(25)13-3-1-2-4-16(13)22-18(24)23-20/h1-6,9-10,21H,7-8,20H2,(H,22,23). The van der Waals surface area contributed by atoms with Crippen LogP contribution in [0.2, 0.25) is 0 Å². The van der Waals surface area contributed by atoms with Crippen LogP contribution in [0.15, 0.2) is 53.5 Å². The van der Waals surface area contributed by atoms with Crippen LogP contribution in [0.3, 0.4) is 0 Å². The predicted octanol–water partition coefficient (Wildman–Crippen LogP) is 2.55. The maximum atomic E-state index is 13.5. The molecule has 2 heterocycles. The largest absolute Gasteiger partial charge is 0.361 e. The first kappa shape index (κ1) is 15.3. The van der Waals surface area contributed by atoms with Crippen LogP contribution in [0.1, 0.15) is 5.56 Å². The maximum Gasteiger partial charge on any atom is 0.262 e. The molecule has 4 aromatic rings. The lowest BCUT2D eigenvalue weighted by Gasteiger charge is -2.12. The first-order valence-electron chi connectivity index (χ1n) is 7.89. The van der Waals surface area contributed by atoms with Crippen molar-refractivity contribution in [2.75, 3.05) is 5.43 Å². The number of H-pyrrole nitrogens is 1. The third-order valence-electron chi connectivity index (χ3n) is 4.32. The normalized spacial score (nSPS) is 11.3.